The first kappa shape index (κ1) is 21.5. The minimum atomic E-state index is -4.80. The number of benzene rings is 1. The van der Waals surface area contributed by atoms with Crippen molar-refractivity contribution in [3.63, 3.8) is 0 Å². The number of nitro benzene ring substituents is 1. The fourth-order valence-corrected chi connectivity index (χ4v) is 1.95. The van der Waals surface area contributed by atoms with Crippen LogP contribution in [-0.2, 0) is 10.9 Å². The van der Waals surface area contributed by atoms with Gasteiger partial charge in [0.15, 0.2) is 0 Å². The van der Waals surface area contributed by atoms with Gasteiger partial charge in [-0.05, 0) is 32.8 Å². The largest absolute Gasteiger partial charge is 0.444 e. The number of hydrogen-bond acceptors (Lipinski definition) is 5. The van der Waals surface area contributed by atoms with Crippen LogP contribution in [0.2, 0.25) is 0 Å². The molecule has 1 rings (SSSR count). The van der Waals surface area contributed by atoms with Crippen molar-refractivity contribution in [2.45, 2.75) is 46.4 Å². The number of hydrogen-bond donors (Lipinski definition) is 2. The molecular formula is C16H22F3N3O4. The van der Waals surface area contributed by atoms with Crippen molar-refractivity contribution < 1.29 is 27.6 Å². The minimum Gasteiger partial charge on any atom is -0.444 e. The third kappa shape index (κ3) is 6.41. The first-order valence-electron chi connectivity index (χ1n) is 7.84. The van der Waals surface area contributed by atoms with Crippen molar-refractivity contribution in [1.82, 2.24) is 0 Å². The topological polar surface area (TPSA) is 93.5 Å². The highest BCUT2D eigenvalue weighted by Crippen LogP contribution is 2.40. The molecule has 1 aromatic rings. The second-order valence-electron chi connectivity index (χ2n) is 7.07. The van der Waals surface area contributed by atoms with E-state index in [1.165, 1.54) is 0 Å². The maximum absolute atomic E-state index is 13.3. The second-order valence-corrected chi connectivity index (χ2v) is 7.07. The molecule has 0 fully saturated rings. The summed E-state index contributed by atoms with van der Waals surface area (Å²) in [4.78, 5) is 22.0. The molecule has 0 aliphatic heterocycles. The van der Waals surface area contributed by atoms with Gasteiger partial charge < -0.3 is 10.1 Å². The number of ether oxygens (including phenoxy) is 1. The molecule has 0 spiro atoms. The number of nitro groups is 1. The summed E-state index contributed by atoms with van der Waals surface area (Å²) in [5.41, 5.74) is -3.67. The van der Waals surface area contributed by atoms with Gasteiger partial charge >= 0.3 is 12.3 Å². The lowest BCUT2D eigenvalue weighted by molar-refractivity contribution is -0.384. The third-order valence-corrected chi connectivity index (χ3v) is 2.97. The van der Waals surface area contributed by atoms with E-state index >= 15 is 0 Å². The fourth-order valence-electron chi connectivity index (χ4n) is 1.95. The molecule has 0 atom stereocenters. The zero-order chi connectivity index (χ0) is 20.3. The average molecular weight is 377 g/mol. The predicted molar refractivity (Wildman–Crippen MR) is 91.3 cm³/mol. The van der Waals surface area contributed by atoms with E-state index in [0.29, 0.717) is 6.07 Å². The molecular weight excluding hydrogens is 355 g/mol. The highest BCUT2D eigenvalue weighted by molar-refractivity contribution is 5.89. The van der Waals surface area contributed by atoms with Gasteiger partial charge in [-0.15, -0.1) is 0 Å². The molecule has 2 N–H and O–H groups in total. The third-order valence-electron chi connectivity index (χ3n) is 2.97. The Balaban J connectivity index is 3.36. The molecule has 0 aliphatic carbocycles. The Hall–Kier alpha value is -2.52. The van der Waals surface area contributed by atoms with Crippen molar-refractivity contribution in [3.8, 4) is 0 Å². The van der Waals surface area contributed by atoms with Gasteiger partial charge in [-0.1, -0.05) is 13.8 Å². The molecule has 0 aliphatic rings. The van der Waals surface area contributed by atoms with Crippen LogP contribution < -0.4 is 10.6 Å². The maximum Gasteiger partial charge on any atom is 0.418 e. The number of nitrogens with one attached hydrogen (secondary N) is 2. The number of carbonyl (C=O) groups is 1. The normalized spacial score (nSPS) is 12.0. The monoisotopic (exact) mass is 377 g/mol. The summed E-state index contributed by atoms with van der Waals surface area (Å²) in [5, 5.41) is 15.9. The lowest BCUT2D eigenvalue weighted by Gasteiger charge is -2.21. The Morgan fingerprint density at radius 2 is 1.81 bits per heavy atom. The summed E-state index contributed by atoms with van der Waals surface area (Å²) in [6.07, 6.45) is -5.80. The molecule has 0 unspecified atom stereocenters. The summed E-state index contributed by atoms with van der Waals surface area (Å²) in [6.45, 7) is 8.57. The number of anilines is 2. The van der Waals surface area contributed by atoms with Crippen LogP contribution in [0.1, 0.15) is 40.2 Å². The number of amides is 1. The molecule has 26 heavy (non-hydrogen) atoms. The van der Waals surface area contributed by atoms with Crippen molar-refractivity contribution in [2.24, 2.45) is 5.92 Å². The van der Waals surface area contributed by atoms with E-state index in [1.807, 2.05) is 0 Å². The number of alkyl halides is 3. The van der Waals surface area contributed by atoms with Crippen LogP contribution >= 0.6 is 0 Å². The maximum atomic E-state index is 13.3. The first-order chi connectivity index (χ1) is 11.7. The zero-order valence-corrected chi connectivity index (χ0v) is 15.2. The first-order valence-corrected chi connectivity index (χ1v) is 7.84. The average Bonchev–Trinajstić information content (AvgIpc) is 2.41. The summed E-state index contributed by atoms with van der Waals surface area (Å²) in [7, 11) is 0. The molecule has 1 amide bonds. The van der Waals surface area contributed by atoms with Crippen molar-refractivity contribution >= 4 is 23.2 Å². The standard InChI is InChI=1S/C16H22F3N3O4/c1-9(2)8-20-11-7-12(21-14(23)26-15(3,4)5)13(22(24)25)6-10(11)16(17,18)19/h6-7,9,20H,8H2,1-5H3,(H,21,23). The van der Waals surface area contributed by atoms with E-state index in [9.17, 15) is 28.1 Å². The Kier molecular flexibility index (Phi) is 6.45. The zero-order valence-electron chi connectivity index (χ0n) is 15.2. The minimum absolute atomic E-state index is 0.0357. The van der Waals surface area contributed by atoms with E-state index in [2.05, 4.69) is 10.6 Å². The number of halogens is 3. The van der Waals surface area contributed by atoms with Crippen LogP contribution in [0.15, 0.2) is 12.1 Å². The molecule has 0 aromatic heterocycles. The van der Waals surface area contributed by atoms with Crippen LogP contribution in [0.4, 0.5) is 35.0 Å². The summed E-state index contributed by atoms with van der Waals surface area (Å²) < 4.78 is 44.8. The molecule has 7 nitrogen and oxygen atoms in total. The molecule has 0 heterocycles. The molecule has 0 saturated carbocycles. The lowest BCUT2D eigenvalue weighted by Crippen LogP contribution is -2.27. The molecule has 146 valence electrons. The number of rotatable bonds is 5. The summed E-state index contributed by atoms with van der Waals surface area (Å²) >= 11 is 0. The van der Waals surface area contributed by atoms with Crippen LogP contribution in [0.5, 0.6) is 0 Å². The van der Waals surface area contributed by atoms with Gasteiger partial charge in [-0.25, -0.2) is 4.79 Å². The Morgan fingerprint density at radius 3 is 2.23 bits per heavy atom. The summed E-state index contributed by atoms with van der Waals surface area (Å²) in [5.74, 6) is 0.0357. The Morgan fingerprint density at radius 1 is 1.23 bits per heavy atom. The fraction of sp³-hybridized carbons (Fsp3) is 0.562. The van der Waals surface area contributed by atoms with Crippen LogP contribution in [0.25, 0.3) is 0 Å². The van der Waals surface area contributed by atoms with Gasteiger partial charge in [0, 0.05) is 18.3 Å². The van der Waals surface area contributed by atoms with Crippen LogP contribution in [0, 0.1) is 16.0 Å². The van der Waals surface area contributed by atoms with E-state index in [4.69, 9.17) is 4.74 Å². The van der Waals surface area contributed by atoms with E-state index in [1.54, 1.807) is 34.6 Å². The van der Waals surface area contributed by atoms with Gasteiger partial charge in [0.1, 0.15) is 11.3 Å². The van der Waals surface area contributed by atoms with Gasteiger partial charge in [-0.3, -0.25) is 15.4 Å². The van der Waals surface area contributed by atoms with Gasteiger partial charge in [-0.2, -0.15) is 13.2 Å². The van der Waals surface area contributed by atoms with E-state index in [0.717, 1.165) is 6.07 Å². The van der Waals surface area contributed by atoms with Crippen LogP contribution in [-0.4, -0.2) is 23.2 Å². The SMILES string of the molecule is CC(C)CNc1cc(NC(=O)OC(C)(C)C)c([N+](=O)[O-])cc1C(F)(F)F. The summed E-state index contributed by atoms with van der Waals surface area (Å²) in [6, 6.07) is 1.29. The lowest BCUT2D eigenvalue weighted by atomic mass is 10.1. The second kappa shape index (κ2) is 7.79. The highest BCUT2D eigenvalue weighted by Gasteiger charge is 2.37. The van der Waals surface area contributed by atoms with Crippen LogP contribution in [0.3, 0.4) is 0 Å². The van der Waals surface area contributed by atoms with Crippen molar-refractivity contribution in [2.75, 3.05) is 17.2 Å². The molecule has 1 aromatic carbocycles. The Labute approximate surface area is 149 Å². The number of carbonyl (C=O) groups excluding carboxylic acids is 1. The van der Waals surface area contributed by atoms with Crippen molar-refractivity contribution in [1.29, 1.82) is 0 Å². The molecule has 0 radical (unpaired) electrons. The van der Waals surface area contributed by atoms with Gasteiger partial charge in [0.2, 0.25) is 0 Å². The predicted octanol–water partition coefficient (Wildman–Crippen LogP) is 5.03. The van der Waals surface area contributed by atoms with Crippen molar-refractivity contribution in [3.05, 3.63) is 27.8 Å². The Bertz CT molecular complexity index is 683. The van der Waals surface area contributed by atoms with E-state index < -0.39 is 34.0 Å². The van der Waals surface area contributed by atoms with Gasteiger partial charge in [0.25, 0.3) is 5.69 Å². The molecule has 0 bridgehead atoms. The highest BCUT2D eigenvalue weighted by atomic mass is 19.4. The quantitative estimate of drug-likeness (QED) is 0.554. The molecule has 0 saturated heterocycles. The number of nitrogens with zero attached hydrogens (tertiary/aromatic N) is 1. The van der Waals surface area contributed by atoms with Gasteiger partial charge in [0.05, 0.1) is 10.5 Å². The molecule has 10 heteroatoms. The van der Waals surface area contributed by atoms with E-state index in [-0.39, 0.29) is 23.8 Å². The smallest absolute Gasteiger partial charge is 0.418 e.